The lowest BCUT2D eigenvalue weighted by Crippen LogP contribution is -2.24. The van der Waals surface area contributed by atoms with Crippen LogP contribution in [0.15, 0.2) is 42.9 Å². The summed E-state index contributed by atoms with van der Waals surface area (Å²) in [6, 6.07) is 7.23. The van der Waals surface area contributed by atoms with Crippen molar-refractivity contribution in [2.24, 2.45) is 7.05 Å². The lowest BCUT2D eigenvalue weighted by atomic mass is 10.1. The Morgan fingerprint density at radius 3 is 2.79 bits per heavy atom. The van der Waals surface area contributed by atoms with Crippen LogP contribution in [0.5, 0.6) is 5.75 Å². The Bertz CT molecular complexity index is 989. The highest BCUT2D eigenvalue weighted by molar-refractivity contribution is 6.29. The van der Waals surface area contributed by atoms with Crippen molar-refractivity contribution >= 4 is 28.9 Å². The first-order valence-corrected chi connectivity index (χ1v) is 8.92. The van der Waals surface area contributed by atoms with E-state index in [9.17, 15) is 4.79 Å². The molecule has 3 aromatic rings. The van der Waals surface area contributed by atoms with Crippen LogP contribution in [-0.4, -0.2) is 34.4 Å². The van der Waals surface area contributed by atoms with E-state index >= 15 is 0 Å². The highest BCUT2D eigenvalue weighted by Crippen LogP contribution is 2.38. The molecule has 0 aliphatic carbocycles. The zero-order chi connectivity index (χ0) is 20.1. The number of amides is 1. The minimum Gasteiger partial charge on any atom is -0.494 e. The summed E-state index contributed by atoms with van der Waals surface area (Å²) in [7, 11) is 3.43. The van der Waals surface area contributed by atoms with Gasteiger partial charge in [0, 0.05) is 30.6 Å². The fourth-order valence-corrected chi connectivity index (χ4v) is 2.85. The average molecular weight is 402 g/mol. The highest BCUT2D eigenvalue weighted by atomic mass is 35.5. The Kier molecular flexibility index (Phi) is 6.13. The summed E-state index contributed by atoms with van der Waals surface area (Å²) in [6.45, 7) is 2.12. The number of pyridine rings is 1. The number of aryl methyl sites for hydroxylation is 1. The summed E-state index contributed by atoms with van der Waals surface area (Å²) in [5.41, 5.74) is 5.55. The third-order valence-corrected chi connectivity index (χ3v) is 4.14. The fraction of sp³-hybridized carbons (Fsp3) is 0.211. The molecule has 28 heavy (non-hydrogen) atoms. The van der Waals surface area contributed by atoms with E-state index < -0.39 is 5.91 Å². The fourth-order valence-electron chi connectivity index (χ4n) is 2.70. The number of benzene rings is 1. The van der Waals surface area contributed by atoms with E-state index in [1.165, 1.54) is 6.20 Å². The van der Waals surface area contributed by atoms with Crippen LogP contribution < -0.4 is 15.5 Å². The molecule has 0 unspecified atom stereocenters. The van der Waals surface area contributed by atoms with Crippen LogP contribution in [0, 0.1) is 0 Å². The summed E-state index contributed by atoms with van der Waals surface area (Å²) in [6.07, 6.45) is 5.04. The Labute approximate surface area is 167 Å². The third kappa shape index (κ3) is 4.24. The smallest absolute Gasteiger partial charge is 0.278 e. The summed E-state index contributed by atoms with van der Waals surface area (Å²) >= 11 is 6.04. The van der Waals surface area contributed by atoms with Gasteiger partial charge in [0.25, 0.3) is 5.91 Å². The van der Waals surface area contributed by atoms with Crippen molar-refractivity contribution in [1.29, 1.82) is 0 Å². The van der Waals surface area contributed by atoms with E-state index in [4.69, 9.17) is 21.2 Å². The number of nitrogens with zero attached hydrogens (tertiary/aromatic N) is 3. The lowest BCUT2D eigenvalue weighted by molar-refractivity contribution is 0.0365. The number of rotatable bonds is 7. The molecule has 3 rings (SSSR count). The van der Waals surface area contributed by atoms with Gasteiger partial charge in [-0.1, -0.05) is 23.7 Å². The molecule has 0 fully saturated rings. The van der Waals surface area contributed by atoms with Gasteiger partial charge >= 0.3 is 0 Å². The number of nitrogens with one attached hydrogen (secondary N) is 2. The van der Waals surface area contributed by atoms with Crippen LogP contribution >= 0.6 is 11.6 Å². The van der Waals surface area contributed by atoms with Crippen molar-refractivity contribution < 1.29 is 14.4 Å². The molecule has 8 nitrogen and oxygen atoms in total. The van der Waals surface area contributed by atoms with E-state index in [0.29, 0.717) is 23.7 Å². The number of para-hydroxylation sites is 1. The molecule has 9 heteroatoms. The molecule has 0 aliphatic rings. The van der Waals surface area contributed by atoms with Gasteiger partial charge in [0.15, 0.2) is 0 Å². The van der Waals surface area contributed by atoms with Gasteiger partial charge in [0.1, 0.15) is 10.9 Å². The number of ether oxygens (including phenoxy) is 1. The first-order valence-electron chi connectivity index (χ1n) is 8.54. The largest absolute Gasteiger partial charge is 0.494 e. The van der Waals surface area contributed by atoms with Gasteiger partial charge in [-0.15, -0.1) is 0 Å². The van der Waals surface area contributed by atoms with Crippen molar-refractivity contribution in [1.82, 2.24) is 20.2 Å². The van der Waals surface area contributed by atoms with Crippen LogP contribution in [0.4, 0.5) is 11.4 Å². The Morgan fingerprint density at radius 1 is 1.29 bits per heavy atom. The van der Waals surface area contributed by atoms with Crippen LogP contribution in [-0.2, 0) is 11.9 Å². The van der Waals surface area contributed by atoms with E-state index in [-0.39, 0.29) is 10.7 Å². The molecule has 0 spiro atoms. The molecule has 0 saturated carbocycles. The monoisotopic (exact) mass is 401 g/mol. The number of hydroxylamine groups is 1. The predicted octanol–water partition coefficient (Wildman–Crippen LogP) is 3.57. The predicted molar refractivity (Wildman–Crippen MR) is 107 cm³/mol. The second kappa shape index (κ2) is 8.73. The standard InChI is InChI=1S/C19H20ClN5O3/c1-4-28-24-19(26)14-10-21-17(20)8-16(14)23-15-7-5-6-13(18(15)27-3)12-9-22-25(2)11-12/h5-11H,4H2,1-3H3,(H,21,23)(H,24,26). The van der Waals surface area contributed by atoms with Crippen LogP contribution in [0.25, 0.3) is 11.1 Å². The number of hydrogen-bond donors (Lipinski definition) is 2. The summed E-state index contributed by atoms with van der Waals surface area (Å²) < 4.78 is 7.35. The highest BCUT2D eigenvalue weighted by Gasteiger charge is 2.17. The Morgan fingerprint density at radius 2 is 2.11 bits per heavy atom. The van der Waals surface area contributed by atoms with E-state index in [0.717, 1.165) is 11.1 Å². The van der Waals surface area contributed by atoms with Gasteiger partial charge in [-0.25, -0.2) is 10.5 Å². The summed E-state index contributed by atoms with van der Waals surface area (Å²) in [4.78, 5) is 21.3. The zero-order valence-corrected chi connectivity index (χ0v) is 16.4. The maximum atomic E-state index is 12.4. The first-order chi connectivity index (χ1) is 13.5. The number of anilines is 2. The maximum absolute atomic E-state index is 12.4. The number of halogens is 1. The number of aromatic nitrogens is 3. The van der Waals surface area contributed by atoms with Gasteiger partial charge in [-0.05, 0) is 19.1 Å². The maximum Gasteiger partial charge on any atom is 0.278 e. The average Bonchev–Trinajstić information content (AvgIpc) is 3.12. The molecule has 146 valence electrons. The van der Waals surface area contributed by atoms with Crippen molar-refractivity contribution in [2.75, 3.05) is 19.0 Å². The zero-order valence-electron chi connectivity index (χ0n) is 15.7. The Balaban J connectivity index is 2.00. The molecular formula is C19H20ClN5O3. The quantitative estimate of drug-likeness (QED) is 0.464. The third-order valence-electron chi connectivity index (χ3n) is 3.93. The molecule has 0 radical (unpaired) electrons. The number of carbonyl (C=O) groups is 1. The molecule has 1 amide bonds. The van der Waals surface area contributed by atoms with Crippen molar-refractivity contribution in [2.45, 2.75) is 6.92 Å². The van der Waals surface area contributed by atoms with Gasteiger partial charge in [-0.2, -0.15) is 5.10 Å². The number of hydrogen-bond acceptors (Lipinski definition) is 6. The van der Waals surface area contributed by atoms with Crippen molar-refractivity contribution in [3.63, 3.8) is 0 Å². The second-order valence-electron chi connectivity index (χ2n) is 5.83. The lowest BCUT2D eigenvalue weighted by Gasteiger charge is -2.16. The summed E-state index contributed by atoms with van der Waals surface area (Å²) in [5, 5.41) is 7.67. The number of carbonyl (C=O) groups excluding carboxylic acids is 1. The Hall–Kier alpha value is -3.10. The number of methoxy groups -OCH3 is 1. The summed E-state index contributed by atoms with van der Waals surface area (Å²) in [5.74, 6) is 0.176. The molecule has 0 atom stereocenters. The molecule has 2 aromatic heterocycles. The molecule has 2 heterocycles. The second-order valence-corrected chi connectivity index (χ2v) is 6.22. The van der Waals surface area contributed by atoms with Gasteiger partial charge in [0.05, 0.1) is 36.9 Å². The van der Waals surface area contributed by atoms with E-state index in [1.807, 2.05) is 31.4 Å². The molecular weight excluding hydrogens is 382 g/mol. The molecule has 0 aliphatic heterocycles. The molecule has 0 saturated heterocycles. The van der Waals surface area contributed by atoms with Gasteiger partial charge in [0.2, 0.25) is 0 Å². The molecule has 2 N–H and O–H groups in total. The SMILES string of the molecule is CCONC(=O)c1cnc(Cl)cc1Nc1cccc(-c2cnn(C)c2)c1OC. The normalized spacial score (nSPS) is 10.6. The van der Waals surface area contributed by atoms with Crippen LogP contribution in [0.3, 0.4) is 0 Å². The first kappa shape index (κ1) is 19.7. The van der Waals surface area contributed by atoms with E-state index in [2.05, 4.69) is 20.9 Å². The molecule has 1 aromatic carbocycles. The van der Waals surface area contributed by atoms with Crippen LogP contribution in [0.1, 0.15) is 17.3 Å². The minimum atomic E-state index is -0.434. The van der Waals surface area contributed by atoms with Crippen molar-refractivity contribution in [3.8, 4) is 16.9 Å². The minimum absolute atomic E-state index is 0.248. The topological polar surface area (TPSA) is 90.3 Å². The van der Waals surface area contributed by atoms with E-state index in [1.54, 1.807) is 31.0 Å². The van der Waals surface area contributed by atoms with Gasteiger partial charge in [-0.3, -0.25) is 14.3 Å². The van der Waals surface area contributed by atoms with Crippen molar-refractivity contribution in [3.05, 3.63) is 53.6 Å². The van der Waals surface area contributed by atoms with Crippen LogP contribution in [0.2, 0.25) is 5.15 Å². The molecule has 0 bridgehead atoms. The van der Waals surface area contributed by atoms with Gasteiger partial charge < -0.3 is 10.1 Å².